The second kappa shape index (κ2) is 9.49. The van der Waals surface area contributed by atoms with Gasteiger partial charge in [0, 0.05) is 37.2 Å². The predicted octanol–water partition coefficient (Wildman–Crippen LogP) is 5.01. The maximum atomic E-state index is 16.7. The van der Waals surface area contributed by atoms with E-state index in [0.29, 0.717) is 54.4 Å². The lowest BCUT2D eigenvalue weighted by Gasteiger charge is -2.36. The Hall–Kier alpha value is -3.02. The highest BCUT2D eigenvalue weighted by Gasteiger charge is 2.50. The van der Waals surface area contributed by atoms with Gasteiger partial charge in [-0.05, 0) is 62.3 Å². The van der Waals surface area contributed by atoms with E-state index in [9.17, 15) is 9.50 Å². The van der Waals surface area contributed by atoms with E-state index in [-0.39, 0.29) is 48.0 Å². The number of alkyl halides is 1. The zero-order chi connectivity index (χ0) is 28.8. The van der Waals surface area contributed by atoms with Crippen molar-refractivity contribution < 1.29 is 28.1 Å². The van der Waals surface area contributed by atoms with Gasteiger partial charge in [0.25, 0.3) is 0 Å². The number of ether oxygens (including phenoxy) is 3. The molecule has 42 heavy (non-hydrogen) atoms. The molecular formula is C30H32ClF2N5O4. The largest absolute Gasteiger partial charge is 0.508 e. The number of phenolic OH excluding ortho intramolecular Hbond substituents is 1. The number of likely N-dealkylation sites (N-methyl/N-ethyl adjacent to an activating group) is 1. The number of phenols is 1. The number of anilines is 1. The number of halogens is 3. The first kappa shape index (κ1) is 26.6. The van der Waals surface area contributed by atoms with Crippen molar-refractivity contribution in [3.8, 4) is 28.9 Å². The highest BCUT2D eigenvalue weighted by molar-refractivity contribution is 6.32. The fraction of sp³-hybridized carbons (Fsp3) is 0.567. The van der Waals surface area contributed by atoms with Crippen molar-refractivity contribution in [1.82, 2.24) is 19.9 Å². The summed E-state index contributed by atoms with van der Waals surface area (Å²) in [6.07, 6.45) is 3.85. The molecule has 1 saturated carbocycles. The zero-order valence-electron chi connectivity index (χ0n) is 23.3. The Bertz CT molecular complexity index is 1600. The lowest BCUT2D eigenvalue weighted by atomic mass is 9.95. The fourth-order valence-electron chi connectivity index (χ4n) is 7.43. The van der Waals surface area contributed by atoms with Gasteiger partial charge in [0.1, 0.15) is 53.1 Å². The number of aromatic hydroxyl groups is 1. The molecule has 1 N–H and O–H groups in total. The molecule has 9 nitrogen and oxygen atoms in total. The smallest absolute Gasteiger partial charge is 0.319 e. The minimum Gasteiger partial charge on any atom is -0.508 e. The number of benzene rings is 1. The van der Waals surface area contributed by atoms with E-state index < -0.39 is 23.1 Å². The van der Waals surface area contributed by atoms with Crippen LogP contribution in [0.15, 0.2) is 12.1 Å². The summed E-state index contributed by atoms with van der Waals surface area (Å²) in [4.78, 5) is 18.2. The lowest BCUT2D eigenvalue weighted by molar-refractivity contribution is 0.107. The van der Waals surface area contributed by atoms with Crippen LogP contribution in [0, 0.1) is 5.82 Å². The summed E-state index contributed by atoms with van der Waals surface area (Å²) in [5.74, 6) is 0.0557. The molecule has 1 unspecified atom stereocenters. The number of fused-ring (bicyclic) bond motifs is 1. The number of aromatic nitrogens is 3. The van der Waals surface area contributed by atoms with Crippen LogP contribution in [-0.2, 0) is 4.74 Å². The van der Waals surface area contributed by atoms with Gasteiger partial charge in [-0.15, -0.1) is 0 Å². The average molecular weight is 600 g/mol. The summed E-state index contributed by atoms with van der Waals surface area (Å²) >= 11 is 6.57. The Labute approximate surface area is 246 Å². The van der Waals surface area contributed by atoms with Crippen molar-refractivity contribution in [2.45, 2.75) is 61.7 Å². The maximum absolute atomic E-state index is 16.7. The molecule has 3 atom stereocenters. The average Bonchev–Trinajstić information content (AvgIpc) is 3.44. The number of hydrogen-bond donors (Lipinski definition) is 1. The normalized spacial score (nSPS) is 28.9. The van der Waals surface area contributed by atoms with Crippen molar-refractivity contribution in [3.05, 3.63) is 28.5 Å². The van der Waals surface area contributed by atoms with Crippen LogP contribution in [0.2, 0.25) is 5.02 Å². The molecule has 3 saturated heterocycles. The van der Waals surface area contributed by atoms with Crippen LogP contribution >= 0.6 is 11.6 Å². The minimum absolute atomic E-state index is 0.00528. The second-order valence-electron chi connectivity index (χ2n) is 12.5. The lowest BCUT2D eigenvalue weighted by Crippen LogP contribution is -2.51. The molecule has 12 heteroatoms. The van der Waals surface area contributed by atoms with Crippen molar-refractivity contribution in [2.75, 3.05) is 51.5 Å². The third-order valence-corrected chi connectivity index (χ3v) is 10.2. The van der Waals surface area contributed by atoms with Gasteiger partial charge in [-0.25, -0.2) is 13.8 Å². The highest BCUT2D eigenvalue weighted by Crippen LogP contribution is 2.51. The molecule has 0 bridgehead atoms. The third kappa shape index (κ3) is 4.03. The summed E-state index contributed by atoms with van der Waals surface area (Å²) in [6.45, 7) is 2.68. The van der Waals surface area contributed by atoms with Gasteiger partial charge < -0.3 is 24.2 Å². The summed E-state index contributed by atoms with van der Waals surface area (Å²) in [6, 6.07) is 2.99. The molecular weight excluding hydrogens is 568 g/mol. The number of pyridine rings is 1. The van der Waals surface area contributed by atoms with Crippen LogP contribution in [-0.4, -0.2) is 88.8 Å². The van der Waals surface area contributed by atoms with E-state index in [1.807, 2.05) is 11.9 Å². The van der Waals surface area contributed by atoms with E-state index in [1.54, 1.807) is 0 Å². The standard InChI is InChI=1S/C30H32ClF2N5O4/c1-37-26-22-25(35-28(36-26)42-14-29-5-2-7-38(29)12-17(32)11-29)23(33)24(34-27(22)41-15-30(37)6-8-40-13-30)19-9-18(39)10-20(31)21(19)16-3-4-16/h9-10,16-17,39H,2-8,11-15H2,1H3/t17-,29+,30?/m1/s1. The fourth-order valence-corrected chi connectivity index (χ4v) is 7.79. The Morgan fingerprint density at radius 1 is 1.19 bits per heavy atom. The van der Waals surface area contributed by atoms with Gasteiger partial charge >= 0.3 is 6.01 Å². The first-order valence-electron chi connectivity index (χ1n) is 14.7. The molecule has 2 aromatic heterocycles. The second-order valence-corrected chi connectivity index (χ2v) is 12.9. The number of rotatable bonds is 5. The topological polar surface area (TPSA) is 93.1 Å². The van der Waals surface area contributed by atoms with E-state index in [0.717, 1.165) is 37.8 Å². The van der Waals surface area contributed by atoms with Crippen molar-refractivity contribution in [1.29, 1.82) is 0 Å². The summed E-state index contributed by atoms with van der Waals surface area (Å²) < 4.78 is 49.5. The monoisotopic (exact) mass is 599 g/mol. The Morgan fingerprint density at radius 3 is 2.83 bits per heavy atom. The quantitative estimate of drug-likeness (QED) is 0.434. The van der Waals surface area contributed by atoms with Crippen molar-refractivity contribution in [2.24, 2.45) is 0 Å². The third-order valence-electron chi connectivity index (χ3n) is 9.89. The molecule has 4 aliphatic heterocycles. The molecule has 1 aromatic carbocycles. The Morgan fingerprint density at radius 2 is 2.05 bits per heavy atom. The van der Waals surface area contributed by atoms with Crippen molar-refractivity contribution in [3.63, 3.8) is 0 Å². The van der Waals surface area contributed by atoms with Crippen LogP contribution in [0.4, 0.5) is 14.6 Å². The Kier molecular flexibility index (Phi) is 6.01. The van der Waals surface area contributed by atoms with Crippen LogP contribution in [0.3, 0.4) is 0 Å². The number of nitrogens with zero attached hydrogens (tertiary/aromatic N) is 5. The van der Waals surface area contributed by atoms with Crippen LogP contribution in [0.25, 0.3) is 22.2 Å². The van der Waals surface area contributed by atoms with Gasteiger partial charge in [-0.3, -0.25) is 4.90 Å². The van der Waals surface area contributed by atoms with E-state index in [4.69, 9.17) is 30.8 Å². The van der Waals surface area contributed by atoms with E-state index >= 15 is 4.39 Å². The molecule has 8 rings (SSSR count). The summed E-state index contributed by atoms with van der Waals surface area (Å²) in [7, 11) is 1.90. The minimum atomic E-state index is -0.898. The molecule has 0 radical (unpaired) electrons. The van der Waals surface area contributed by atoms with Gasteiger partial charge in [0.15, 0.2) is 5.82 Å². The van der Waals surface area contributed by atoms with Crippen LogP contribution in [0.1, 0.15) is 50.0 Å². The van der Waals surface area contributed by atoms with E-state index in [1.165, 1.54) is 12.1 Å². The van der Waals surface area contributed by atoms with Crippen LogP contribution < -0.4 is 14.4 Å². The predicted molar refractivity (Wildman–Crippen MR) is 152 cm³/mol. The molecule has 0 amide bonds. The van der Waals surface area contributed by atoms with Crippen LogP contribution in [0.5, 0.6) is 17.6 Å². The molecule has 6 heterocycles. The molecule has 5 aliphatic rings. The number of hydrogen-bond acceptors (Lipinski definition) is 9. The summed E-state index contributed by atoms with van der Waals surface area (Å²) in [5, 5.41) is 11.2. The van der Waals surface area contributed by atoms with Gasteiger partial charge in [0.2, 0.25) is 5.88 Å². The highest BCUT2D eigenvalue weighted by atomic mass is 35.5. The van der Waals surface area contributed by atoms with E-state index in [2.05, 4.69) is 14.9 Å². The van der Waals surface area contributed by atoms with Gasteiger partial charge in [0.05, 0.1) is 12.1 Å². The first-order chi connectivity index (χ1) is 20.3. The molecule has 1 aliphatic carbocycles. The summed E-state index contributed by atoms with van der Waals surface area (Å²) in [5.41, 5.74) is 0.247. The Balaban J connectivity index is 1.29. The molecule has 4 fully saturated rings. The molecule has 222 valence electrons. The maximum Gasteiger partial charge on any atom is 0.319 e. The van der Waals surface area contributed by atoms with Gasteiger partial charge in [-0.1, -0.05) is 11.6 Å². The molecule has 3 aromatic rings. The van der Waals surface area contributed by atoms with Crippen molar-refractivity contribution >= 4 is 28.3 Å². The van der Waals surface area contributed by atoms with Gasteiger partial charge in [-0.2, -0.15) is 9.97 Å². The zero-order valence-corrected chi connectivity index (χ0v) is 24.1. The SMILES string of the molecule is CN1c2nc(OC[C@@]34CCCN3C[C@H](F)C4)nc3c(F)c(-c4cc(O)cc(Cl)c4C4CC4)nc(c23)OCC12CCOC2. The molecule has 1 spiro atoms. The first-order valence-corrected chi connectivity index (χ1v) is 15.1.